The van der Waals surface area contributed by atoms with Crippen LogP contribution < -0.4 is 0 Å². The zero-order valence-electron chi connectivity index (χ0n) is 11.4. The molecule has 0 fully saturated rings. The molecule has 0 aliphatic heterocycles. The Balaban J connectivity index is 4.59. The molecular formula is C10H26O3Si2. The number of hydrogen-bond acceptors (Lipinski definition) is 3. The van der Waals surface area contributed by atoms with Crippen molar-refractivity contribution in [3.8, 4) is 0 Å². The highest BCUT2D eigenvalue weighted by molar-refractivity contribution is 6.79. The molecule has 0 bridgehead atoms. The van der Waals surface area contributed by atoms with E-state index in [1.165, 1.54) is 0 Å². The standard InChI is InChI=1S/C10H26O3Si2/c1-9-11-15(8,12-10(2,3)4)13-14(5,6)7/h9H2,1-8H3. The smallest absolute Gasteiger partial charge is 0.416 e. The van der Waals surface area contributed by atoms with Gasteiger partial charge in [0.25, 0.3) is 0 Å². The SMILES string of the molecule is CCO[Si](C)(OC(C)(C)C)O[Si](C)(C)C. The summed E-state index contributed by atoms with van der Waals surface area (Å²) < 4.78 is 17.8. The Morgan fingerprint density at radius 2 is 1.47 bits per heavy atom. The highest BCUT2D eigenvalue weighted by Gasteiger charge is 2.42. The van der Waals surface area contributed by atoms with Crippen LogP contribution in [0.1, 0.15) is 27.7 Å². The summed E-state index contributed by atoms with van der Waals surface area (Å²) in [5.74, 6) is 0. The second kappa shape index (κ2) is 5.10. The second-order valence-corrected chi connectivity index (χ2v) is 13.0. The summed E-state index contributed by atoms with van der Waals surface area (Å²) >= 11 is 0. The van der Waals surface area contributed by atoms with E-state index in [1.54, 1.807) is 0 Å². The molecule has 5 heteroatoms. The van der Waals surface area contributed by atoms with Crippen molar-refractivity contribution < 1.29 is 13.0 Å². The van der Waals surface area contributed by atoms with E-state index in [0.29, 0.717) is 6.61 Å². The van der Waals surface area contributed by atoms with Crippen LogP contribution in [-0.2, 0) is 13.0 Å². The maximum Gasteiger partial charge on any atom is 0.487 e. The van der Waals surface area contributed by atoms with Gasteiger partial charge in [0.1, 0.15) is 0 Å². The third-order valence-electron chi connectivity index (χ3n) is 1.39. The molecule has 0 rings (SSSR count). The van der Waals surface area contributed by atoms with Crippen molar-refractivity contribution in [2.24, 2.45) is 0 Å². The van der Waals surface area contributed by atoms with Crippen LogP contribution in [0.2, 0.25) is 26.2 Å². The molecule has 0 radical (unpaired) electrons. The molecule has 0 amide bonds. The minimum Gasteiger partial charge on any atom is -0.416 e. The van der Waals surface area contributed by atoms with Crippen LogP contribution in [-0.4, -0.2) is 29.3 Å². The summed E-state index contributed by atoms with van der Waals surface area (Å²) in [7, 11) is -4.08. The van der Waals surface area contributed by atoms with Gasteiger partial charge in [0.05, 0.1) is 5.60 Å². The first-order valence-corrected chi connectivity index (χ1v) is 11.1. The van der Waals surface area contributed by atoms with Crippen molar-refractivity contribution >= 4 is 17.1 Å². The van der Waals surface area contributed by atoms with Crippen LogP contribution in [0.4, 0.5) is 0 Å². The molecule has 1 unspecified atom stereocenters. The van der Waals surface area contributed by atoms with E-state index in [1.807, 2.05) is 34.2 Å². The molecule has 15 heavy (non-hydrogen) atoms. The van der Waals surface area contributed by atoms with Gasteiger partial charge < -0.3 is 13.0 Å². The predicted molar refractivity (Wildman–Crippen MR) is 68.5 cm³/mol. The summed E-state index contributed by atoms with van der Waals surface area (Å²) in [4.78, 5) is 0. The Bertz CT molecular complexity index is 178. The van der Waals surface area contributed by atoms with E-state index in [-0.39, 0.29) is 5.60 Å². The molecule has 92 valence electrons. The first-order valence-electron chi connectivity index (χ1n) is 5.52. The highest BCUT2D eigenvalue weighted by Crippen LogP contribution is 2.22. The van der Waals surface area contributed by atoms with Crippen LogP contribution in [0.25, 0.3) is 0 Å². The van der Waals surface area contributed by atoms with Gasteiger partial charge in [-0.05, 0) is 47.3 Å². The Hall–Kier alpha value is 0.314. The molecule has 0 N–H and O–H groups in total. The monoisotopic (exact) mass is 250 g/mol. The Kier molecular flexibility index (Phi) is 5.20. The van der Waals surface area contributed by atoms with Crippen molar-refractivity contribution in [3.05, 3.63) is 0 Å². The Morgan fingerprint density at radius 1 is 1.00 bits per heavy atom. The number of hydrogen-bond donors (Lipinski definition) is 0. The molecule has 0 aromatic rings. The third kappa shape index (κ3) is 8.16. The molecule has 3 nitrogen and oxygen atoms in total. The van der Waals surface area contributed by atoms with Crippen molar-refractivity contribution in [2.75, 3.05) is 6.61 Å². The molecule has 0 aromatic carbocycles. The lowest BCUT2D eigenvalue weighted by Gasteiger charge is -2.37. The lowest BCUT2D eigenvalue weighted by molar-refractivity contribution is 0.0286. The molecule has 0 aliphatic rings. The summed E-state index contributed by atoms with van der Waals surface area (Å²) in [5, 5.41) is 0. The fourth-order valence-electron chi connectivity index (χ4n) is 1.45. The van der Waals surface area contributed by atoms with Gasteiger partial charge in [-0.3, -0.25) is 0 Å². The fraction of sp³-hybridized carbons (Fsp3) is 1.00. The summed E-state index contributed by atoms with van der Waals surface area (Å²) in [6.07, 6.45) is 0. The van der Waals surface area contributed by atoms with Crippen LogP contribution >= 0.6 is 0 Å². The summed E-state index contributed by atoms with van der Waals surface area (Å²) in [5.41, 5.74) is -0.213. The molecule has 0 saturated carbocycles. The normalized spacial score (nSPS) is 17.6. The Labute approximate surface area is 96.6 Å². The minimum atomic E-state index is -2.46. The van der Waals surface area contributed by atoms with Crippen molar-refractivity contribution in [2.45, 2.75) is 59.5 Å². The molecule has 0 aliphatic carbocycles. The average molecular weight is 250 g/mol. The molecule has 0 spiro atoms. The van der Waals surface area contributed by atoms with E-state index in [9.17, 15) is 0 Å². The minimum absolute atomic E-state index is 0.213. The first kappa shape index (κ1) is 15.3. The van der Waals surface area contributed by atoms with Gasteiger partial charge in [-0.15, -0.1) is 0 Å². The molecule has 0 saturated heterocycles. The van der Waals surface area contributed by atoms with Gasteiger partial charge in [-0.1, -0.05) is 0 Å². The zero-order chi connectivity index (χ0) is 12.3. The molecule has 0 aromatic heterocycles. The van der Waals surface area contributed by atoms with Crippen LogP contribution in [0.3, 0.4) is 0 Å². The van der Waals surface area contributed by atoms with Crippen molar-refractivity contribution in [3.63, 3.8) is 0 Å². The predicted octanol–water partition coefficient (Wildman–Crippen LogP) is 3.26. The van der Waals surface area contributed by atoms with Gasteiger partial charge in [-0.2, -0.15) is 0 Å². The maximum atomic E-state index is 6.08. The van der Waals surface area contributed by atoms with Crippen molar-refractivity contribution in [1.29, 1.82) is 0 Å². The average Bonchev–Trinajstić information content (AvgIpc) is 1.74. The largest absolute Gasteiger partial charge is 0.487 e. The van der Waals surface area contributed by atoms with Crippen molar-refractivity contribution in [1.82, 2.24) is 0 Å². The van der Waals surface area contributed by atoms with Gasteiger partial charge >= 0.3 is 8.80 Å². The van der Waals surface area contributed by atoms with E-state index in [4.69, 9.17) is 13.0 Å². The van der Waals surface area contributed by atoms with E-state index < -0.39 is 17.1 Å². The maximum absolute atomic E-state index is 6.08. The second-order valence-electron chi connectivity index (χ2n) is 5.72. The van der Waals surface area contributed by atoms with Gasteiger partial charge in [0, 0.05) is 13.2 Å². The topological polar surface area (TPSA) is 27.7 Å². The quantitative estimate of drug-likeness (QED) is 0.701. The fourth-order valence-corrected chi connectivity index (χ4v) is 8.00. The van der Waals surface area contributed by atoms with Crippen LogP contribution in [0, 0.1) is 0 Å². The van der Waals surface area contributed by atoms with E-state index in [0.717, 1.165) is 0 Å². The lowest BCUT2D eigenvalue weighted by atomic mass is 10.2. The Morgan fingerprint density at radius 3 is 1.73 bits per heavy atom. The zero-order valence-corrected chi connectivity index (χ0v) is 13.4. The molecule has 1 atom stereocenters. The van der Waals surface area contributed by atoms with Gasteiger partial charge in [0.2, 0.25) is 0 Å². The summed E-state index contributed by atoms with van der Waals surface area (Å²) in [6.45, 7) is 17.2. The van der Waals surface area contributed by atoms with Gasteiger partial charge in [0.15, 0.2) is 8.32 Å². The summed E-state index contributed by atoms with van der Waals surface area (Å²) in [6, 6.07) is 0. The van der Waals surface area contributed by atoms with Crippen LogP contribution in [0.15, 0.2) is 0 Å². The van der Waals surface area contributed by atoms with E-state index in [2.05, 4.69) is 19.6 Å². The third-order valence-corrected chi connectivity index (χ3v) is 7.12. The first-order chi connectivity index (χ1) is 6.47. The van der Waals surface area contributed by atoms with Gasteiger partial charge in [-0.25, -0.2) is 0 Å². The highest BCUT2D eigenvalue weighted by atomic mass is 28.5. The lowest BCUT2D eigenvalue weighted by Crippen LogP contribution is -2.53. The number of rotatable bonds is 5. The molecular weight excluding hydrogens is 224 g/mol. The molecule has 0 heterocycles. The van der Waals surface area contributed by atoms with Crippen LogP contribution in [0.5, 0.6) is 0 Å². The van der Waals surface area contributed by atoms with E-state index >= 15 is 0 Å².